The maximum Gasteiger partial charge on any atom is 0.414 e. The van der Waals surface area contributed by atoms with Gasteiger partial charge in [0.15, 0.2) is 5.11 Å². The van der Waals surface area contributed by atoms with Crippen LogP contribution in [0, 0.1) is 0 Å². The second kappa shape index (κ2) is 20.3. The van der Waals surface area contributed by atoms with E-state index in [1.165, 1.54) is 0 Å². The van der Waals surface area contributed by atoms with E-state index in [4.69, 9.17) is 56.2 Å². The number of carbonyl (C=O) groups is 4. The molecule has 2 heterocycles. The molecule has 0 fully saturated rings. The fourth-order valence-corrected chi connectivity index (χ4v) is 3.63. The maximum absolute atomic E-state index is 9.10. The summed E-state index contributed by atoms with van der Waals surface area (Å²) >= 11 is 7.17. The van der Waals surface area contributed by atoms with Crippen LogP contribution in [0.3, 0.4) is 0 Å². The first-order valence-corrected chi connectivity index (χ1v) is 13.2. The van der Waals surface area contributed by atoms with Crippen molar-refractivity contribution in [1.29, 1.82) is 0 Å². The van der Waals surface area contributed by atoms with Crippen LogP contribution in [0.4, 0.5) is 0 Å². The largest absolute Gasteiger partial charge is 0.473 e. The standard InChI is InChI=1S/C19H31N5OS2.2C2H2O4/c1-4-18-20-9-12-24(18)11-5-8-21-19(26)22-10-13-27-15-17-7-6-16(25-17)14-23(2)3;2*3-1(4)2(5)6/h6-7,9,12H,4-5,8,10-11,13-15H2,1-3H3,(H2,21,22,26);2*(H,3,4)(H,5,6). The average molecular weight is 590 g/mol. The summed E-state index contributed by atoms with van der Waals surface area (Å²) in [6.07, 6.45) is 5.89. The number of nitrogens with one attached hydrogen (secondary N) is 2. The number of thioether (sulfide) groups is 1. The van der Waals surface area contributed by atoms with Crippen molar-refractivity contribution in [2.24, 2.45) is 0 Å². The zero-order valence-corrected chi connectivity index (χ0v) is 23.6. The molecule has 14 nitrogen and oxygen atoms in total. The normalized spacial score (nSPS) is 9.95. The molecule has 0 spiro atoms. The fourth-order valence-electron chi connectivity index (χ4n) is 2.68. The first kappa shape index (κ1) is 35.4. The highest BCUT2D eigenvalue weighted by atomic mass is 32.2. The number of aromatic nitrogens is 2. The van der Waals surface area contributed by atoms with E-state index >= 15 is 0 Å². The van der Waals surface area contributed by atoms with E-state index in [0.29, 0.717) is 0 Å². The summed E-state index contributed by atoms with van der Waals surface area (Å²) in [5.41, 5.74) is 0. The monoisotopic (exact) mass is 589 g/mol. The average Bonchev–Trinajstić information content (AvgIpc) is 3.50. The Labute approximate surface area is 235 Å². The Kier molecular flexibility index (Phi) is 18.5. The fraction of sp³-hybridized carbons (Fsp3) is 0.478. The Morgan fingerprint density at radius 2 is 1.56 bits per heavy atom. The lowest BCUT2D eigenvalue weighted by Gasteiger charge is -2.11. The van der Waals surface area contributed by atoms with Crippen LogP contribution < -0.4 is 10.6 Å². The number of furan rings is 1. The summed E-state index contributed by atoms with van der Waals surface area (Å²) in [4.78, 5) is 42.8. The summed E-state index contributed by atoms with van der Waals surface area (Å²) < 4.78 is 8.01. The molecule has 0 saturated heterocycles. The molecule has 0 saturated carbocycles. The Hall–Kier alpha value is -3.63. The van der Waals surface area contributed by atoms with E-state index in [0.717, 1.165) is 73.0 Å². The van der Waals surface area contributed by atoms with Gasteiger partial charge in [0, 0.05) is 44.2 Å². The first-order chi connectivity index (χ1) is 18.4. The predicted molar refractivity (Wildman–Crippen MR) is 148 cm³/mol. The lowest BCUT2D eigenvalue weighted by Crippen LogP contribution is -2.37. The maximum atomic E-state index is 9.10. The van der Waals surface area contributed by atoms with Gasteiger partial charge in [0.1, 0.15) is 17.3 Å². The van der Waals surface area contributed by atoms with Gasteiger partial charge < -0.3 is 44.9 Å². The highest BCUT2D eigenvalue weighted by Crippen LogP contribution is 2.15. The Morgan fingerprint density at radius 1 is 1.00 bits per heavy atom. The van der Waals surface area contributed by atoms with Gasteiger partial charge in [-0.2, -0.15) is 11.8 Å². The summed E-state index contributed by atoms with van der Waals surface area (Å²) in [5.74, 6) is -2.24. The Morgan fingerprint density at radius 3 is 2.10 bits per heavy atom. The minimum absolute atomic E-state index is 0.725. The van der Waals surface area contributed by atoms with Gasteiger partial charge in [-0.25, -0.2) is 24.2 Å². The molecule has 0 atom stereocenters. The third-order valence-corrected chi connectivity index (χ3v) is 5.58. The van der Waals surface area contributed by atoms with Crippen LogP contribution in [-0.2, 0) is 44.4 Å². The number of carboxylic acid groups (broad SMARTS) is 4. The SMILES string of the molecule is CCc1nccn1CCCNC(=S)NCCSCc1ccc(CN(C)C)o1.O=C(O)C(=O)O.O=C(O)C(=O)O. The second-order valence-corrected chi connectivity index (χ2v) is 9.32. The summed E-state index contributed by atoms with van der Waals surface area (Å²) in [5, 5.41) is 36.8. The van der Waals surface area contributed by atoms with E-state index in [9.17, 15) is 0 Å². The number of carboxylic acids is 4. The molecule has 0 aromatic carbocycles. The number of hydrogen-bond acceptors (Lipinski definition) is 9. The van der Waals surface area contributed by atoms with Crippen LogP contribution in [0.2, 0.25) is 0 Å². The van der Waals surface area contributed by atoms with Crippen molar-refractivity contribution in [3.05, 3.63) is 41.9 Å². The zero-order chi connectivity index (χ0) is 29.8. The van der Waals surface area contributed by atoms with E-state index in [-0.39, 0.29) is 0 Å². The molecule has 16 heteroatoms. The molecule has 218 valence electrons. The third kappa shape index (κ3) is 18.3. The van der Waals surface area contributed by atoms with Crippen LogP contribution in [0.15, 0.2) is 28.9 Å². The topological polar surface area (TPSA) is 207 Å². The van der Waals surface area contributed by atoms with E-state index in [2.05, 4.69) is 44.1 Å². The molecule has 39 heavy (non-hydrogen) atoms. The highest BCUT2D eigenvalue weighted by molar-refractivity contribution is 7.98. The minimum Gasteiger partial charge on any atom is -0.473 e. The van der Waals surface area contributed by atoms with Gasteiger partial charge in [-0.15, -0.1) is 0 Å². The Balaban J connectivity index is 0.00000100. The van der Waals surface area contributed by atoms with Gasteiger partial charge in [-0.3, -0.25) is 0 Å². The molecule has 0 aliphatic carbocycles. The van der Waals surface area contributed by atoms with Crippen molar-refractivity contribution in [2.75, 3.05) is 32.9 Å². The first-order valence-electron chi connectivity index (χ1n) is 11.6. The quantitative estimate of drug-likeness (QED) is 0.117. The molecule has 2 rings (SSSR count). The van der Waals surface area contributed by atoms with Gasteiger partial charge in [-0.05, 0) is 44.9 Å². The summed E-state index contributed by atoms with van der Waals surface area (Å²) in [6.45, 7) is 5.65. The van der Waals surface area contributed by atoms with Gasteiger partial charge in [0.25, 0.3) is 0 Å². The number of nitrogens with zero attached hydrogens (tertiary/aromatic N) is 3. The lowest BCUT2D eigenvalue weighted by molar-refractivity contribution is -0.159. The number of aliphatic carboxylic acids is 4. The van der Waals surface area contributed by atoms with Crippen molar-refractivity contribution in [3.8, 4) is 0 Å². The van der Waals surface area contributed by atoms with Crippen LogP contribution >= 0.6 is 24.0 Å². The van der Waals surface area contributed by atoms with Crippen LogP contribution in [-0.4, -0.2) is 96.8 Å². The van der Waals surface area contributed by atoms with Crippen molar-refractivity contribution in [1.82, 2.24) is 25.1 Å². The molecule has 0 amide bonds. The van der Waals surface area contributed by atoms with Crippen molar-refractivity contribution < 1.29 is 44.0 Å². The zero-order valence-electron chi connectivity index (χ0n) is 22.0. The lowest BCUT2D eigenvalue weighted by atomic mass is 10.4. The third-order valence-electron chi connectivity index (χ3n) is 4.31. The van der Waals surface area contributed by atoms with E-state index in [1.807, 2.05) is 38.3 Å². The molecular formula is C23H35N5O9S2. The van der Waals surface area contributed by atoms with Gasteiger partial charge >= 0.3 is 23.9 Å². The van der Waals surface area contributed by atoms with E-state index < -0.39 is 23.9 Å². The summed E-state index contributed by atoms with van der Waals surface area (Å²) in [6, 6.07) is 4.12. The van der Waals surface area contributed by atoms with Gasteiger partial charge in [0.05, 0.1) is 12.3 Å². The Bertz CT molecular complexity index is 1010. The van der Waals surface area contributed by atoms with Crippen LogP contribution in [0.5, 0.6) is 0 Å². The number of imidazole rings is 1. The number of thiocarbonyl (C=S) groups is 1. The molecule has 0 aliphatic rings. The molecule has 0 unspecified atom stereocenters. The number of hydrogen-bond donors (Lipinski definition) is 6. The number of rotatable bonds is 12. The smallest absolute Gasteiger partial charge is 0.414 e. The van der Waals surface area contributed by atoms with Gasteiger partial charge in [-0.1, -0.05) is 6.92 Å². The minimum atomic E-state index is -1.82. The molecule has 6 N–H and O–H groups in total. The number of aryl methyl sites for hydroxylation is 2. The molecule has 2 aromatic rings. The summed E-state index contributed by atoms with van der Waals surface area (Å²) in [7, 11) is 4.08. The molecule has 0 radical (unpaired) electrons. The predicted octanol–water partition coefficient (Wildman–Crippen LogP) is 1.20. The van der Waals surface area contributed by atoms with Crippen molar-refractivity contribution >= 4 is 53.0 Å². The molecular weight excluding hydrogens is 554 g/mol. The highest BCUT2D eigenvalue weighted by Gasteiger charge is 2.05. The van der Waals surface area contributed by atoms with Crippen LogP contribution in [0.1, 0.15) is 30.7 Å². The van der Waals surface area contributed by atoms with Crippen LogP contribution in [0.25, 0.3) is 0 Å². The van der Waals surface area contributed by atoms with Crippen molar-refractivity contribution in [3.63, 3.8) is 0 Å². The van der Waals surface area contributed by atoms with Crippen molar-refractivity contribution in [2.45, 2.75) is 38.6 Å². The molecule has 0 aliphatic heterocycles. The molecule has 0 bridgehead atoms. The van der Waals surface area contributed by atoms with Gasteiger partial charge in [0.2, 0.25) is 0 Å². The second-order valence-electron chi connectivity index (χ2n) is 7.81. The molecule has 2 aromatic heterocycles. The van der Waals surface area contributed by atoms with E-state index in [1.54, 1.807) is 0 Å².